The Balaban J connectivity index is 2.17. The molecule has 0 aliphatic heterocycles. The molecule has 0 radical (unpaired) electrons. The zero-order chi connectivity index (χ0) is 14.0. The molecule has 1 aromatic carbocycles. The predicted octanol–water partition coefficient (Wildman–Crippen LogP) is 3.54. The number of benzene rings is 1. The van der Waals surface area contributed by atoms with E-state index in [0.717, 1.165) is 19.3 Å². The van der Waals surface area contributed by atoms with Gasteiger partial charge in [0.2, 0.25) is 0 Å². The van der Waals surface area contributed by atoms with E-state index in [4.69, 9.17) is 5.84 Å². The smallest absolute Gasteiger partial charge is 0.143 e. The minimum Gasteiger partial charge on any atom is -0.271 e. The van der Waals surface area contributed by atoms with Crippen LogP contribution in [0.5, 0.6) is 0 Å². The van der Waals surface area contributed by atoms with E-state index in [9.17, 15) is 8.78 Å². The third-order valence-electron chi connectivity index (χ3n) is 4.08. The average Bonchev–Trinajstić information content (AvgIpc) is 2.81. The fourth-order valence-electron chi connectivity index (χ4n) is 2.95. The fraction of sp³-hybridized carbons (Fsp3) is 0.571. The molecule has 0 aromatic heterocycles. The minimum absolute atomic E-state index is 0.0803. The molecule has 1 saturated carbocycles. The highest BCUT2D eigenvalue weighted by molar-refractivity contribution is 9.10. The number of hydrazine groups is 1. The van der Waals surface area contributed by atoms with Gasteiger partial charge in [0, 0.05) is 11.6 Å². The molecule has 0 bridgehead atoms. The van der Waals surface area contributed by atoms with Crippen molar-refractivity contribution in [3.05, 3.63) is 33.8 Å². The summed E-state index contributed by atoms with van der Waals surface area (Å²) in [5, 5.41) is 0. The molecule has 19 heavy (non-hydrogen) atoms. The molecule has 0 amide bonds. The molecular weight excluding hydrogens is 314 g/mol. The highest BCUT2D eigenvalue weighted by Gasteiger charge is 2.29. The second-order valence-corrected chi connectivity index (χ2v) is 6.33. The second-order valence-electron chi connectivity index (χ2n) is 5.48. The first-order valence-electron chi connectivity index (χ1n) is 6.61. The summed E-state index contributed by atoms with van der Waals surface area (Å²) in [4.78, 5) is 0. The largest absolute Gasteiger partial charge is 0.271 e. The van der Waals surface area contributed by atoms with Crippen molar-refractivity contribution in [2.75, 3.05) is 0 Å². The summed E-state index contributed by atoms with van der Waals surface area (Å²) >= 11 is 3.09. The van der Waals surface area contributed by atoms with Gasteiger partial charge in [-0.25, -0.2) is 8.78 Å². The van der Waals surface area contributed by atoms with Gasteiger partial charge in [0.25, 0.3) is 0 Å². The molecule has 0 heterocycles. The Labute approximate surface area is 120 Å². The summed E-state index contributed by atoms with van der Waals surface area (Å²) in [6.07, 6.45) is 3.57. The summed E-state index contributed by atoms with van der Waals surface area (Å²) in [6, 6.07) is 2.59. The quantitative estimate of drug-likeness (QED) is 0.502. The lowest BCUT2D eigenvalue weighted by atomic mass is 9.91. The highest BCUT2D eigenvalue weighted by Crippen LogP contribution is 2.34. The Hall–Kier alpha value is -0.520. The lowest BCUT2D eigenvalue weighted by Crippen LogP contribution is -2.42. The molecule has 3 N–H and O–H groups in total. The third kappa shape index (κ3) is 3.33. The summed E-state index contributed by atoms with van der Waals surface area (Å²) in [5.74, 6) is 5.60. The van der Waals surface area contributed by atoms with E-state index >= 15 is 0 Å². The molecule has 1 aliphatic rings. The van der Waals surface area contributed by atoms with E-state index in [1.54, 1.807) is 0 Å². The van der Waals surface area contributed by atoms with Crippen LogP contribution in [-0.2, 0) is 6.42 Å². The maximum atomic E-state index is 14.0. The van der Waals surface area contributed by atoms with Crippen molar-refractivity contribution in [2.24, 2.45) is 17.7 Å². The van der Waals surface area contributed by atoms with Gasteiger partial charge in [0.05, 0.1) is 4.47 Å². The summed E-state index contributed by atoms with van der Waals surface area (Å²) in [5.41, 5.74) is 2.85. The van der Waals surface area contributed by atoms with Crippen LogP contribution in [0.4, 0.5) is 8.78 Å². The van der Waals surface area contributed by atoms with Gasteiger partial charge in [0.1, 0.15) is 11.6 Å². The SMILES string of the molecule is CC1CCC(C(Cc2c(F)ccc(Br)c2F)NN)C1. The Morgan fingerprint density at radius 2 is 2.16 bits per heavy atom. The molecule has 1 fully saturated rings. The fourth-order valence-corrected chi connectivity index (χ4v) is 3.33. The van der Waals surface area contributed by atoms with Crippen LogP contribution in [0.15, 0.2) is 16.6 Å². The number of hydrogen-bond acceptors (Lipinski definition) is 2. The van der Waals surface area contributed by atoms with Gasteiger partial charge >= 0.3 is 0 Å². The first-order chi connectivity index (χ1) is 9.02. The maximum absolute atomic E-state index is 14.0. The van der Waals surface area contributed by atoms with E-state index in [-0.39, 0.29) is 18.0 Å². The number of nitrogens with one attached hydrogen (secondary N) is 1. The van der Waals surface area contributed by atoms with Gasteiger partial charge in [-0.3, -0.25) is 11.3 Å². The highest BCUT2D eigenvalue weighted by atomic mass is 79.9. The van der Waals surface area contributed by atoms with Crippen molar-refractivity contribution in [1.29, 1.82) is 0 Å². The maximum Gasteiger partial charge on any atom is 0.143 e. The molecular formula is C14H19BrF2N2. The Kier molecular flexibility index (Phi) is 4.92. The number of hydrogen-bond donors (Lipinski definition) is 2. The van der Waals surface area contributed by atoms with Crippen molar-refractivity contribution >= 4 is 15.9 Å². The van der Waals surface area contributed by atoms with Gasteiger partial charge in [-0.2, -0.15) is 0 Å². The van der Waals surface area contributed by atoms with Crippen molar-refractivity contribution in [2.45, 2.75) is 38.6 Å². The zero-order valence-corrected chi connectivity index (χ0v) is 12.5. The van der Waals surface area contributed by atoms with Crippen LogP contribution in [-0.4, -0.2) is 6.04 Å². The zero-order valence-electron chi connectivity index (χ0n) is 10.9. The summed E-state index contributed by atoms with van der Waals surface area (Å²) in [7, 11) is 0. The lowest BCUT2D eigenvalue weighted by molar-refractivity contribution is 0.345. The molecule has 5 heteroatoms. The van der Waals surface area contributed by atoms with Crippen LogP contribution in [0, 0.1) is 23.5 Å². The van der Waals surface area contributed by atoms with E-state index in [1.165, 1.54) is 12.1 Å². The summed E-state index contributed by atoms with van der Waals surface area (Å²) in [6.45, 7) is 2.20. The van der Waals surface area contributed by atoms with E-state index < -0.39 is 11.6 Å². The number of nitrogens with two attached hydrogens (primary N) is 1. The molecule has 1 aromatic rings. The van der Waals surface area contributed by atoms with Crippen LogP contribution in [0.2, 0.25) is 0 Å². The first-order valence-corrected chi connectivity index (χ1v) is 7.40. The lowest BCUT2D eigenvalue weighted by Gasteiger charge is -2.23. The van der Waals surface area contributed by atoms with E-state index in [2.05, 4.69) is 28.3 Å². The number of halogens is 3. The summed E-state index contributed by atoms with van der Waals surface area (Å²) < 4.78 is 28.0. The minimum atomic E-state index is -0.522. The normalized spacial score (nSPS) is 24.7. The molecule has 1 aliphatic carbocycles. The predicted molar refractivity (Wildman–Crippen MR) is 75.4 cm³/mol. The molecule has 106 valence electrons. The Morgan fingerprint density at radius 1 is 1.42 bits per heavy atom. The van der Waals surface area contributed by atoms with Crippen LogP contribution in [0.25, 0.3) is 0 Å². The van der Waals surface area contributed by atoms with Crippen LogP contribution in [0.3, 0.4) is 0 Å². The molecule has 3 atom stereocenters. The van der Waals surface area contributed by atoms with Crippen molar-refractivity contribution < 1.29 is 8.78 Å². The van der Waals surface area contributed by atoms with Gasteiger partial charge in [-0.1, -0.05) is 13.3 Å². The van der Waals surface area contributed by atoms with E-state index in [1.807, 2.05) is 0 Å². The first kappa shape index (κ1) is 14.9. The van der Waals surface area contributed by atoms with Crippen molar-refractivity contribution in [3.63, 3.8) is 0 Å². The molecule has 3 unspecified atom stereocenters. The monoisotopic (exact) mass is 332 g/mol. The van der Waals surface area contributed by atoms with Gasteiger partial charge in [-0.15, -0.1) is 0 Å². The average molecular weight is 333 g/mol. The van der Waals surface area contributed by atoms with Gasteiger partial charge in [-0.05, 0) is 59.2 Å². The molecule has 0 spiro atoms. The van der Waals surface area contributed by atoms with Gasteiger partial charge < -0.3 is 0 Å². The third-order valence-corrected chi connectivity index (χ3v) is 4.69. The Bertz CT molecular complexity index is 453. The topological polar surface area (TPSA) is 38.0 Å². The molecule has 2 nitrogen and oxygen atoms in total. The van der Waals surface area contributed by atoms with Crippen LogP contribution >= 0.6 is 15.9 Å². The molecule has 2 rings (SSSR count). The second kappa shape index (κ2) is 6.29. The molecule has 0 saturated heterocycles. The van der Waals surface area contributed by atoms with Gasteiger partial charge in [0.15, 0.2) is 0 Å². The Morgan fingerprint density at radius 3 is 2.74 bits per heavy atom. The van der Waals surface area contributed by atoms with E-state index in [0.29, 0.717) is 16.3 Å². The van der Waals surface area contributed by atoms with Crippen LogP contribution < -0.4 is 11.3 Å². The number of rotatable bonds is 4. The van der Waals surface area contributed by atoms with Crippen LogP contribution in [0.1, 0.15) is 31.7 Å². The van der Waals surface area contributed by atoms with Crippen molar-refractivity contribution in [3.8, 4) is 0 Å². The van der Waals surface area contributed by atoms with Crippen molar-refractivity contribution in [1.82, 2.24) is 5.43 Å². The standard InChI is InChI=1S/C14H19BrF2N2/c1-8-2-3-9(6-8)13(19-18)7-10-12(16)5-4-11(15)14(10)17/h4-5,8-9,13,19H,2-3,6-7,18H2,1H3.